The van der Waals surface area contributed by atoms with E-state index in [-0.39, 0.29) is 5.91 Å². The summed E-state index contributed by atoms with van der Waals surface area (Å²) in [6, 6.07) is 10.4. The summed E-state index contributed by atoms with van der Waals surface area (Å²) in [5.74, 6) is -0.216. The van der Waals surface area contributed by atoms with Gasteiger partial charge in [-0.3, -0.25) is 9.78 Å². The van der Waals surface area contributed by atoms with Crippen molar-refractivity contribution in [2.75, 3.05) is 21.3 Å². The second kappa shape index (κ2) is 9.12. The molecule has 0 aliphatic carbocycles. The SMILES string of the molecule is COCc1ccc(C(=O)NC(c2cccnc2)C(OC)OC)cc1. The molecule has 0 saturated heterocycles. The van der Waals surface area contributed by atoms with Crippen LogP contribution >= 0.6 is 0 Å². The van der Waals surface area contributed by atoms with E-state index >= 15 is 0 Å². The first-order valence-corrected chi connectivity index (χ1v) is 7.53. The maximum absolute atomic E-state index is 12.6. The molecule has 1 N–H and O–H groups in total. The molecule has 0 saturated carbocycles. The number of benzene rings is 1. The molecule has 1 atom stereocenters. The van der Waals surface area contributed by atoms with Crippen LogP contribution in [0.3, 0.4) is 0 Å². The molecular formula is C18H22N2O4. The molecule has 0 fully saturated rings. The van der Waals surface area contributed by atoms with Crippen LogP contribution in [0.4, 0.5) is 0 Å². The zero-order chi connectivity index (χ0) is 17.4. The van der Waals surface area contributed by atoms with Crippen LogP contribution in [0, 0.1) is 0 Å². The molecule has 0 spiro atoms. The third-order valence-electron chi connectivity index (χ3n) is 3.59. The number of carbonyl (C=O) groups excluding carboxylic acids is 1. The van der Waals surface area contributed by atoms with E-state index in [1.165, 1.54) is 14.2 Å². The van der Waals surface area contributed by atoms with E-state index in [4.69, 9.17) is 14.2 Å². The van der Waals surface area contributed by atoms with Gasteiger partial charge in [0.25, 0.3) is 5.91 Å². The molecule has 6 heteroatoms. The van der Waals surface area contributed by atoms with Crippen LogP contribution in [-0.4, -0.2) is 38.5 Å². The lowest BCUT2D eigenvalue weighted by Gasteiger charge is -2.26. The van der Waals surface area contributed by atoms with Crippen molar-refractivity contribution >= 4 is 5.91 Å². The highest BCUT2D eigenvalue weighted by Crippen LogP contribution is 2.19. The second-order valence-corrected chi connectivity index (χ2v) is 5.21. The number of aromatic nitrogens is 1. The van der Waals surface area contributed by atoms with Gasteiger partial charge in [-0.2, -0.15) is 0 Å². The summed E-state index contributed by atoms with van der Waals surface area (Å²) in [5.41, 5.74) is 2.36. The summed E-state index contributed by atoms with van der Waals surface area (Å²) in [4.78, 5) is 16.7. The van der Waals surface area contributed by atoms with Crippen LogP contribution in [0.15, 0.2) is 48.8 Å². The van der Waals surface area contributed by atoms with Gasteiger partial charge < -0.3 is 19.5 Å². The van der Waals surface area contributed by atoms with Gasteiger partial charge >= 0.3 is 0 Å². The van der Waals surface area contributed by atoms with Crippen LogP contribution < -0.4 is 5.32 Å². The monoisotopic (exact) mass is 330 g/mol. The Morgan fingerprint density at radius 3 is 2.38 bits per heavy atom. The van der Waals surface area contributed by atoms with Crippen molar-refractivity contribution in [1.29, 1.82) is 0 Å². The number of amides is 1. The van der Waals surface area contributed by atoms with Crippen LogP contribution in [0.25, 0.3) is 0 Å². The zero-order valence-electron chi connectivity index (χ0n) is 14.1. The van der Waals surface area contributed by atoms with E-state index in [0.717, 1.165) is 11.1 Å². The first kappa shape index (κ1) is 18.1. The van der Waals surface area contributed by atoms with Crippen LogP contribution in [0.5, 0.6) is 0 Å². The van der Waals surface area contributed by atoms with Gasteiger partial charge in [0.2, 0.25) is 0 Å². The predicted molar refractivity (Wildman–Crippen MR) is 89.4 cm³/mol. The minimum absolute atomic E-state index is 0.216. The summed E-state index contributed by atoms with van der Waals surface area (Å²) in [6.45, 7) is 0.510. The van der Waals surface area contributed by atoms with Crippen molar-refractivity contribution in [3.05, 3.63) is 65.5 Å². The molecule has 1 heterocycles. The molecule has 0 bridgehead atoms. The van der Waals surface area contributed by atoms with E-state index < -0.39 is 12.3 Å². The van der Waals surface area contributed by atoms with Gasteiger partial charge in [0.1, 0.15) is 6.04 Å². The molecule has 1 aromatic carbocycles. The molecule has 2 rings (SSSR count). The third kappa shape index (κ3) is 4.61. The number of methoxy groups -OCH3 is 3. The molecule has 24 heavy (non-hydrogen) atoms. The third-order valence-corrected chi connectivity index (χ3v) is 3.59. The van der Waals surface area contributed by atoms with Crippen molar-refractivity contribution in [2.24, 2.45) is 0 Å². The average molecular weight is 330 g/mol. The molecule has 0 radical (unpaired) electrons. The Bertz CT molecular complexity index is 627. The first-order valence-electron chi connectivity index (χ1n) is 7.53. The standard InChI is InChI=1S/C18H22N2O4/c1-22-12-13-6-8-14(9-7-13)17(21)20-16(18(23-2)24-3)15-5-4-10-19-11-15/h4-11,16,18H,12H2,1-3H3,(H,20,21). The zero-order valence-corrected chi connectivity index (χ0v) is 14.1. The lowest BCUT2D eigenvalue weighted by Crippen LogP contribution is -2.38. The summed E-state index contributed by atoms with van der Waals surface area (Å²) in [5, 5.41) is 2.94. The van der Waals surface area contributed by atoms with Gasteiger partial charge in [0, 0.05) is 39.3 Å². The Balaban J connectivity index is 2.17. The number of ether oxygens (including phenoxy) is 3. The van der Waals surface area contributed by atoms with E-state index in [9.17, 15) is 4.79 Å². The Labute approximate surface area is 141 Å². The number of pyridine rings is 1. The van der Waals surface area contributed by atoms with Gasteiger partial charge in [-0.05, 0) is 29.3 Å². The summed E-state index contributed by atoms with van der Waals surface area (Å²) >= 11 is 0. The fourth-order valence-corrected chi connectivity index (χ4v) is 2.38. The highest BCUT2D eigenvalue weighted by molar-refractivity contribution is 5.94. The largest absolute Gasteiger partial charge is 0.380 e. The molecular weight excluding hydrogens is 308 g/mol. The van der Waals surface area contributed by atoms with Gasteiger partial charge in [-0.1, -0.05) is 18.2 Å². The van der Waals surface area contributed by atoms with Gasteiger partial charge in [-0.25, -0.2) is 0 Å². The Morgan fingerprint density at radius 1 is 1.12 bits per heavy atom. The van der Waals surface area contributed by atoms with Crippen molar-refractivity contribution < 1.29 is 19.0 Å². The maximum atomic E-state index is 12.6. The summed E-state index contributed by atoms with van der Waals surface area (Å²) in [7, 11) is 4.70. The molecule has 1 amide bonds. The van der Waals surface area contributed by atoms with Crippen molar-refractivity contribution in [2.45, 2.75) is 18.9 Å². The molecule has 1 aromatic heterocycles. The molecule has 1 unspecified atom stereocenters. The lowest BCUT2D eigenvalue weighted by molar-refractivity contribution is -0.122. The van der Waals surface area contributed by atoms with Gasteiger partial charge in [0.15, 0.2) is 6.29 Å². The average Bonchev–Trinajstić information content (AvgIpc) is 2.63. The summed E-state index contributed by atoms with van der Waals surface area (Å²) < 4.78 is 15.7. The molecule has 6 nitrogen and oxygen atoms in total. The quantitative estimate of drug-likeness (QED) is 0.752. The van der Waals surface area contributed by atoms with Crippen molar-refractivity contribution in [1.82, 2.24) is 10.3 Å². The Morgan fingerprint density at radius 2 is 1.83 bits per heavy atom. The van der Waals surface area contributed by atoms with E-state index in [1.807, 2.05) is 18.2 Å². The predicted octanol–water partition coefficient (Wildman–Crippen LogP) is 2.32. The number of hydrogen-bond donors (Lipinski definition) is 1. The normalized spacial score (nSPS) is 12.2. The molecule has 128 valence electrons. The number of hydrogen-bond acceptors (Lipinski definition) is 5. The fraction of sp³-hybridized carbons (Fsp3) is 0.333. The minimum atomic E-state index is -0.620. The smallest absolute Gasteiger partial charge is 0.251 e. The highest BCUT2D eigenvalue weighted by atomic mass is 16.7. The van der Waals surface area contributed by atoms with Crippen LogP contribution in [-0.2, 0) is 20.8 Å². The molecule has 2 aromatic rings. The van der Waals surface area contributed by atoms with E-state index in [0.29, 0.717) is 12.2 Å². The van der Waals surface area contributed by atoms with Crippen LogP contribution in [0.2, 0.25) is 0 Å². The second-order valence-electron chi connectivity index (χ2n) is 5.21. The Hall–Kier alpha value is -2.28. The number of rotatable bonds is 8. The highest BCUT2D eigenvalue weighted by Gasteiger charge is 2.25. The molecule has 0 aliphatic rings. The molecule has 0 aliphatic heterocycles. The van der Waals surface area contributed by atoms with Crippen LogP contribution in [0.1, 0.15) is 27.5 Å². The van der Waals surface area contributed by atoms with Gasteiger partial charge in [0.05, 0.1) is 6.61 Å². The van der Waals surface area contributed by atoms with E-state index in [1.54, 1.807) is 37.7 Å². The van der Waals surface area contributed by atoms with Crippen molar-refractivity contribution in [3.8, 4) is 0 Å². The van der Waals surface area contributed by atoms with Gasteiger partial charge in [-0.15, -0.1) is 0 Å². The fourth-order valence-electron chi connectivity index (χ4n) is 2.38. The number of carbonyl (C=O) groups is 1. The maximum Gasteiger partial charge on any atom is 0.251 e. The first-order chi connectivity index (χ1) is 11.7. The minimum Gasteiger partial charge on any atom is -0.380 e. The Kier molecular flexibility index (Phi) is 6.87. The summed E-state index contributed by atoms with van der Waals surface area (Å²) in [6.07, 6.45) is 2.73. The number of nitrogens with one attached hydrogen (secondary N) is 1. The van der Waals surface area contributed by atoms with Crippen molar-refractivity contribution in [3.63, 3.8) is 0 Å². The number of nitrogens with zero attached hydrogens (tertiary/aromatic N) is 1. The lowest BCUT2D eigenvalue weighted by atomic mass is 10.1. The topological polar surface area (TPSA) is 69.7 Å². The van der Waals surface area contributed by atoms with E-state index in [2.05, 4.69) is 10.3 Å².